The minimum atomic E-state index is 0.390. The lowest BCUT2D eigenvalue weighted by atomic mass is 10.1. The molecule has 0 amide bonds. The number of carbonyl (C=O) groups is 1. The van der Waals surface area contributed by atoms with Crippen LogP contribution in [0.2, 0.25) is 0 Å². The number of benzene rings is 2. The summed E-state index contributed by atoms with van der Waals surface area (Å²) in [5, 5.41) is 3.13. The van der Waals surface area contributed by atoms with Gasteiger partial charge in [-0.3, -0.25) is 4.79 Å². The Morgan fingerprint density at radius 3 is 2.62 bits per heavy atom. The summed E-state index contributed by atoms with van der Waals surface area (Å²) in [6.07, 6.45) is 0.829. The van der Waals surface area contributed by atoms with Crippen molar-refractivity contribution >= 4 is 12.0 Å². The van der Waals surface area contributed by atoms with E-state index in [1.807, 2.05) is 44.3 Å². The first-order valence-corrected chi connectivity index (χ1v) is 6.72. The molecule has 4 heteroatoms. The number of methoxy groups -OCH3 is 1. The van der Waals surface area contributed by atoms with Crippen LogP contribution in [-0.4, -0.2) is 20.4 Å². The van der Waals surface area contributed by atoms with Crippen molar-refractivity contribution in [3.8, 4) is 11.5 Å². The highest BCUT2D eigenvalue weighted by Crippen LogP contribution is 2.28. The number of aryl methyl sites for hydroxylation is 1. The topological polar surface area (TPSA) is 47.6 Å². The van der Waals surface area contributed by atoms with Gasteiger partial charge in [0.25, 0.3) is 0 Å². The fraction of sp³-hybridized carbons (Fsp3) is 0.235. The maximum Gasteiger partial charge on any atom is 0.150 e. The van der Waals surface area contributed by atoms with Gasteiger partial charge in [0.15, 0.2) is 0 Å². The first-order valence-electron chi connectivity index (χ1n) is 6.72. The van der Waals surface area contributed by atoms with Gasteiger partial charge in [-0.05, 0) is 42.8 Å². The fourth-order valence-corrected chi connectivity index (χ4v) is 2.20. The summed E-state index contributed by atoms with van der Waals surface area (Å²) < 4.78 is 11.2. The van der Waals surface area contributed by atoms with Crippen LogP contribution >= 0.6 is 0 Å². The van der Waals surface area contributed by atoms with E-state index in [0.717, 1.165) is 34.6 Å². The van der Waals surface area contributed by atoms with E-state index < -0.39 is 0 Å². The lowest BCUT2D eigenvalue weighted by Gasteiger charge is -2.15. The first kappa shape index (κ1) is 14.9. The molecule has 0 atom stereocenters. The summed E-state index contributed by atoms with van der Waals surface area (Å²) in [6.45, 7) is 2.31. The van der Waals surface area contributed by atoms with Crippen LogP contribution in [0.3, 0.4) is 0 Å². The van der Waals surface area contributed by atoms with E-state index in [1.54, 1.807) is 13.2 Å². The van der Waals surface area contributed by atoms with Crippen LogP contribution in [0.15, 0.2) is 36.4 Å². The standard InChI is InChI=1S/C17H19NO3/c1-12-9-13(10-19)7-8-16(12)21-11-14-15(18-2)5-4-6-17(14)20-3/h4-10,18H,11H2,1-3H3. The van der Waals surface area contributed by atoms with Crippen LogP contribution in [0.4, 0.5) is 5.69 Å². The second-order valence-electron chi connectivity index (χ2n) is 4.67. The van der Waals surface area contributed by atoms with Crippen molar-refractivity contribution in [3.63, 3.8) is 0 Å². The van der Waals surface area contributed by atoms with Gasteiger partial charge in [-0.2, -0.15) is 0 Å². The lowest BCUT2D eigenvalue weighted by molar-refractivity contribution is 0.112. The van der Waals surface area contributed by atoms with Crippen LogP contribution in [0.25, 0.3) is 0 Å². The Bertz CT molecular complexity index is 616. The van der Waals surface area contributed by atoms with Crippen LogP contribution in [0, 0.1) is 6.92 Å². The van der Waals surface area contributed by atoms with Gasteiger partial charge < -0.3 is 14.8 Å². The molecule has 2 aromatic rings. The van der Waals surface area contributed by atoms with Gasteiger partial charge in [-0.25, -0.2) is 0 Å². The van der Waals surface area contributed by atoms with E-state index in [9.17, 15) is 4.79 Å². The van der Waals surface area contributed by atoms with Gasteiger partial charge in [0.1, 0.15) is 24.4 Å². The van der Waals surface area contributed by atoms with Crippen molar-refractivity contribution in [2.45, 2.75) is 13.5 Å². The third kappa shape index (κ3) is 3.34. The van der Waals surface area contributed by atoms with Crippen LogP contribution < -0.4 is 14.8 Å². The third-order valence-corrected chi connectivity index (χ3v) is 3.33. The zero-order chi connectivity index (χ0) is 15.2. The van der Waals surface area contributed by atoms with Crippen LogP contribution in [0.1, 0.15) is 21.5 Å². The quantitative estimate of drug-likeness (QED) is 0.826. The van der Waals surface area contributed by atoms with Crippen LogP contribution in [-0.2, 0) is 6.61 Å². The number of anilines is 1. The van der Waals surface area contributed by atoms with Gasteiger partial charge in [0, 0.05) is 18.3 Å². The molecule has 0 bridgehead atoms. The summed E-state index contributed by atoms with van der Waals surface area (Å²) in [5.41, 5.74) is 3.51. The summed E-state index contributed by atoms with van der Waals surface area (Å²) in [4.78, 5) is 10.8. The highest BCUT2D eigenvalue weighted by Gasteiger charge is 2.10. The predicted molar refractivity (Wildman–Crippen MR) is 83.4 cm³/mol. The Balaban J connectivity index is 2.22. The smallest absolute Gasteiger partial charge is 0.150 e. The molecule has 110 valence electrons. The number of rotatable bonds is 6. The number of hydrogen-bond donors (Lipinski definition) is 1. The third-order valence-electron chi connectivity index (χ3n) is 3.33. The minimum absolute atomic E-state index is 0.390. The fourth-order valence-electron chi connectivity index (χ4n) is 2.20. The van der Waals surface area contributed by atoms with Crippen molar-refractivity contribution in [3.05, 3.63) is 53.1 Å². The van der Waals surface area contributed by atoms with Crippen molar-refractivity contribution in [1.82, 2.24) is 0 Å². The number of aldehydes is 1. The van der Waals surface area contributed by atoms with Crippen LogP contribution in [0.5, 0.6) is 11.5 Å². The second-order valence-corrected chi connectivity index (χ2v) is 4.67. The SMILES string of the molecule is CNc1cccc(OC)c1COc1ccc(C=O)cc1C. The molecule has 0 unspecified atom stereocenters. The normalized spacial score (nSPS) is 10.0. The van der Waals surface area contributed by atoms with E-state index in [2.05, 4.69) is 5.32 Å². The Morgan fingerprint density at radius 1 is 1.19 bits per heavy atom. The molecule has 1 N–H and O–H groups in total. The second kappa shape index (κ2) is 6.79. The van der Waals surface area contributed by atoms with Gasteiger partial charge in [0.2, 0.25) is 0 Å². The Kier molecular flexibility index (Phi) is 4.82. The summed E-state index contributed by atoms with van der Waals surface area (Å²) in [7, 11) is 3.50. The highest BCUT2D eigenvalue weighted by molar-refractivity contribution is 5.75. The minimum Gasteiger partial charge on any atom is -0.496 e. The zero-order valence-corrected chi connectivity index (χ0v) is 12.5. The molecule has 4 nitrogen and oxygen atoms in total. The van der Waals surface area contributed by atoms with Gasteiger partial charge in [0.05, 0.1) is 12.7 Å². The summed E-state index contributed by atoms with van der Waals surface area (Å²) in [6, 6.07) is 11.2. The monoisotopic (exact) mass is 285 g/mol. The van der Waals surface area contributed by atoms with E-state index in [0.29, 0.717) is 12.2 Å². The number of carbonyl (C=O) groups excluding carboxylic acids is 1. The molecule has 2 rings (SSSR count). The number of nitrogens with one attached hydrogen (secondary N) is 1. The Labute approximate surface area is 124 Å². The van der Waals surface area contributed by atoms with E-state index in [4.69, 9.17) is 9.47 Å². The van der Waals surface area contributed by atoms with E-state index in [-0.39, 0.29) is 0 Å². The average Bonchev–Trinajstić information content (AvgIpc) is 2.53. The molecule has 0 radical (unpaired) electrons. The molecule has 0 saturated heterocycles. The lowest BCUT2D eigenvalue weighted by Crippen LogP contribution is -2.04. The molecule has 0 aliphatic carbocycles. The zero-order valence-electron chi connectivity index (χ0n) is 12.5. The van der Waals surface area contributed by atoms with Gasteiger partial charge in [-0.15, -0.1) is 0 Å². The summed E-state index contributed by atoms with van der Waals surface area (Å²) in [5.74, 6) is 1.54. The van der Waals surface area contributed by atoms with Crippen molar-refractivity contribution in [2.75, 3.05) is 19.5 Å². The summed E-state index contributed by atoms with van der Waals surface area (Å²) >= 11 is 0. The molecule has 0 aromatic heterocycles. The molecular formula is C17H19NO3. The maximum atomic E-state index is 10.8. The average molecular weight is 285 g/mol. The molecule has 0 heterocycles. The van der Waals surface area contributed by atoms with Crippen molar-refractivity contribution < 1.29 is 14.3 Å². The molecule has 21 heavy (non-hydrogen) atoms. The molecule has 0 spiro atoms. The molecule has 0 saturated carbocycles. The Hall–Kier alpha value is -2.49. The van der Waals surface area contributed by atoms with Crippen molar-refractivity contribution in [2.24, 2.45) is 0 Å². The largest absolute Gasteiger partial charge is 0.496 e. The Morgan fingerprint density at radius 2 is 2.00 bits per heavy atom. The van der Waals surface area contributed by atoms with E-state index >= 15 is 0 Å². The number of ether oxygens (including phenoxy) is 2. The van der Waals surface area contributed by atoms with Gasteiger partial charge in [-0.1, -0.05) is 6.07 Å². The molecule has 0 aliphatic rings. The molecule has 2 aromatic carbocycles. The maximum absolute atomic E-state index is 10.8. The predicted octanol–water partition coefficient (Wildman–Crippen LogP) is 3.44. The van der Waals surface area contributed by atoms with Crippen molar-refractivity contribution in [1.29, 1.82) is 0 Å². The number of hydrogen-bond acceptors (Lipinski definition) is 4. The molecule has 0 fully saturated rings. The van der Waals surface area contributed by atoms with E-state index in [1.165, 1.54) is 0 Å². The molecular weight excluding hydrogens is 266 g/mol. The highest BCUT2D eigenvalue weighted by atomic mass is 16.5. The first-order chi connectivity index (χ1) is 10.2. The van der Waals surface area contributed by atoms with Gasteiger partial charge >= 0.3 is 0 Å². The molecule has 0 aliphatic heterocycles.